The fraction of sp³-hybridized carbons (Fsp3) is 0.444. The number of nitrogens with zero attached hydrogens (tertiary/aromatic N) is 2. The van der Waals surface area contributed by atoms with Crippen LogP contribution in [0.2, 0.25) is 0 Å². The number of primary amides is 1. The summed E-state index contributed by atoms with van der Waals surface area (Å²) >= 11 is 0. The Morgan fingerprint density at radius 1 is 1.44 bits per heavy atom. The van der Waals surface area contributed by atoms with E-state index in [4.69, 9.17) is 5.73 Å². The van der Waals surface area contributed by atoms with Crippen LogP contribution >= 0.6 is 0 Å². The molecule has 0 saturated carbocycles. The lowest BCUT2D eigenvalue weighted by Crippen LogP contribution is -2.26. The van der Waals surface area contributed by atoms with Gasteiger partial charge in [-0.1, -0.05) is 0 Å². The number of aromatic nitrogens is 2. The number of carbonyl (C=O) groups is 1. The molecule has 0 radical (unpaired) electrons. The minimum Gasteiger partial charge on any atom is -0.351 e. The van der Waals surface area contributed by atoms with E-state index in [1.165, 1.54) is 12.4 Å². The number of nitrogens with one attached hydrogen (secondary N) is 2. The van der Waals surface area contributed by atoms with Crippen molar-refractivity contribution in [3.63, 3.8) is 0 Å². The summed E-state index contributed by atoms with van der Waals surface area (Å²) in [6, 6.07) is -1.01. The number of nitrogens with two attached hydrogens (primary N) is 1. The summed E-state index contributed by atoms with van der Waals surface area (Å²) in [5.74, 6) is 0.263. The lowest BCUT2D eigenvalue weighted by molar-refractivity contribution is 0.259. The van der Waals surface area contributed by atoms with Crippen molar-refractivity contribution in [2.24, 2.45) is 5.73 Å². The Balaban J connectivity index is 2.61. The Hall–Kier alpha value is -1.90. The Morgan fingerprint density at radius 3 is 2.44 bits per heavy atom. The molecule has 1 atom stereocenters. The molecule has 2 amide bonds. The maximum absolute atomic E-state index is 11.1. The van der Waals surface area contributed by atoms with Gasteiger partial charge in [0.15, 0.2) is 0 Å². The highest BCUT2D eigenvalue weighted by molar-refractivity contribution is 7.90. The van der Waals surface area contributed by atoms with Gasteiger partial charge in [0.2, 0.25) is 5.95 Å². The van der Waals surface area contributed by atoms with Gasteiger partial charge in [0.1, 0.15) is 9.84 Å². The average Bonchev–Trinajstić information content (AvgIpc) is 2.17. The first-order valence-electron chi connectivity index (χ1n) is 5.09. The summed E-state index contributed by atoms with van der Waals surface area (Å²) in [7, 11) is -3.06. The Bertz CT molecular complexity index is 514. The summed E-state index contributed by atoms with van der Waals surface area (Å²) in [6.07, 6.45) is 3.90. The molecule has 0 fully saturated rings. The highest BCUT2D eigenvalue weighted by atomic mass is 32.2. The average molecular weight is 273 g/mol. The predicted octanol–water partition coefficient (Wildman–Crippen LogP) is -0.188. The van der Waals surface area contributed by atoms with Gasteiger partial charge in [0.25, 0.3) is 0 Å². The second-order valence-electron chi connectivity index (χ2n) is 3.92. The van der Waals surface area contributed by atoms with Crippen LogP contribution in [0.4, 0.5) is 16.4 Å². The van der Waals surface area contributed by atoms with E-state index in [-0.39, 0.29) is 17.7 Å². The minimum absolute atomic E-state index is 0.0162. The fourth-order valence-electron chi connectivity index (χ4n) is 1.33. The molecule has 0 bridgehead atoms. The second kappa shape index (κ2) is 5.63. The molecule has 0 unspecified atom stereocenters. The van der Waals surface area contributed by atoms with E-state index in [9.17, 15) is 13.2 Å². The highest BCUT2D eigenvalue weighted by Crippen LogP contribution is 2.06. The van der Waals surface area contributed by atoms with Crippen molar-refractivity contribution < 1.29 is 13.2 Å². The van der Waals surface area contributed by atoms with Crippen molar-refractivity contribution in [3.8, 4) is 0 Å². The molecule has 18 heavy (non-hydrogen) atoms. The van der Waals surface area contributed by atoms with Gasteiger partial charge in [0.05, 0.1) is 23.8 Å². The van der Waals surface area contributed by atoms with Gasteiger partial charge in [-0.05, 0) is 6.92 Å². The maximum Gasteiger partial charge on any atom is 0.316 e. The number of carbonyl (C=O) groups excluding carboxylic acids is 1. The van der Waals surface area contributed by atoms with E-state index in [0.29, 0.717) is 5.69 Å². The smallest absolute Gasteiger partial charge is 0.316 e. The molecule has 0 aromatic carbocycles. The van der Waals surface area contributed by atoms with Crippen LogP contribution in [0.1, 0.15) is 6.92 Å². The number of rotatable bonds is 5. The molecule has 0 aliphatic carbocycles. The molecule has 100 valence electrons. The van der Waals surface area contributed by atoms with E-state index in [1.807, 2.05) is 0 Å². The SMILES string of the molecule is C[C@@H](CS(C)(=O)=O)Nc1ncc(NC(N)=O)cn1. The van der Waals surface area contributed by atoms with Gasteiger partial charge in [-0.3, -0.25) is 0 Å². The zero-order chi connectivity index (χ0) is 13.8. The molecular formula is C9H15N5O3S. The number of hydrogen-bond acceptors (Lipinski definition) is 6. The zero-order valence-corrected chi connectivity index (χ0v) is 10.9. The molecule has 0 aliphatic rings. The molecule has 8 nitrogen and oxygen atoms in total. The van der Waals surface area contributed by atoms with Crippen LogP contribution in [0.25, 0.3) is 0 Å². The fourth-order valence-corrected chi connectivity index (χ4v) is 2.32. The van der Waals surface area contributed by atoms with Crippen LogP contribution in [0, 0.1) is 0 Å². The first kappa shape index (κ1) is 14.2. The van der Waals surface area contributed by atoms with Gasteiger partial charge in [-0.15, -0.1) is 0 Å². The molecular weight excluding hydrogens is 258 g/mol. The first-order chi connectivity index (χ1) is 8.26. The van der Waals surface area contributed by atoms with E-state index >= 15 is 0 Å². The second-order valence-corrected chi connectivity index (χ2v) is 6.11. The van der Waals surface area contributed by atoms with Crippen molar-refractivity contribution in [1.29, 1.82) is 0 Å². The molecule has 1 heterocycles. The number of anilines is 2. The van der Waals surface area contributed by atoms with Crippen molar-refractivity contribution in [2.75, 3.05) is 22.6 Å². The summed E-state index contributed by atoms with van der Waals surface area (Å²) < 4.78 is 22.1. The number of sulfone groups is 1. The van der Waals surface area contributed by atoms with Gasteiger partial charge in [0, 0.05) is 12.3 Å². The van der Waals surface area contributed by atoms with Crippen LogP contribution in [0.15, 0.2) is 12.4 Å². The summed E-state index contributed by atoms with van der Waals surface area (Å²) in [5, 5.41) is 5.15. The summed E-state index contributed by atoms with van der Waals surface area (Å²) in [5.41, 5.74) is 5.29. The number of hydrogen-bond donors (Lipinski definition) is 3. The van der Waals surface area contributed by atoms with E-state index in [2.05, 4.69) is 20.6 Å². The standard InChI is InChI=1S/C9H15N5O3S/c1-6(5-18(2,16)17)13-9-11-3-7(4-12-9)14-8(10)15/h3-4,6H,5H2,1-2H3,(H3,10,14,15)(H,11,12,13)/t6-/m0/s1. The van der Waals surface area contributed by atoms with Gasteiger partial charge < -0.3 is 16.4 Å². The molecule has 0 spiro atoms. The minimum atomic E-state index is -3.06. The van der Waals surface area contributed by atoms with Crippen LogP contribution in [-0.2, 0) is 9.84 Å². The maximum atomic E-state index is 11.1. The van der Waals surface area contributed by atoms with E-state index in [1.54, 1.807) is 6.92 Å². The number of urea groups is 1. The quantitative estimate of drug-likeness (QED) is 0.682. The topological polar surface area (TPSA) is 127 Å². The van der Waals surface area contributed by atoms with Gasteiger partial charge >= 0.3 is 6.03 Å². The molecule has 4 N–H and O–H groups in total. The largest absolute Gasteiger partial charge is 0.351 e. The van der Waals surface area contributed by atoms with E-state index < -0.39 is 15.9 Å². The highest BCUT2D eigenvalue weighted by Gasteiger charge is 2.11. The lowest BCUT2D eigenvalue weighted by atomic mass is 10.4. The monoisotopic (exact) mass is 273 g/mol. The van der Waals surface area contributed by atoms with Crippen molar-refractivity contribution in [2.45, 2.75) is 13.0 Å². The predicted molar refractivity (Wildman–Crippen MR) is 68.0 cm³/mol. The summed E-state index contributed by atoms with van der Waals surface area (Å²) in [4.78, 5) is 18.4. The number of amides is 2. The van der Waals surface area contributed by atoms with Crippen molar-refractivity contribution in [3.05, 3.63) is 12.4 Å². The molecule has 0 aliphatic heterocycles. The first-order valence-corrected chi connectivity index (χ1v) is 7.15. The molecule has 9 heteroatoms. The molecule has 1 aromatic heterocycles. The van der Waals surface area contributed by atoms with Crippen LogP contribution < -0.4 is 16.4 Å². The van der Waals surface area contributed by atoms with E-state index in [0.717, 1.165) is 6.26 Å². The van der Waals surface area contributed by atoms with Crippen LogP contribution in [0.3, 0.4) is 0 Å². The van der Waals surface area contributed by atoms with Crippen LogP contribution in [-0.4, -0.2) is 42.5 Å². The molecule has 1 aromatic rings. The van der Waals surface area contributed by atoms with Crippen molar-refractivity contribution in [1.82, 2.24) is 9.97 Å². The third kappa shape index (κ3) is 5.43. The summed E-state index contributed by atoms with van der Waals surface area (Å²) in [6.45, 7) is 1.71. The molecule has 0 saturated heterocycles. The third-order valence-electron chi connectivity index (χ3n) is 1.85. The lowest BCUT2D eigenvalue weighted by Gasteiger charge is -2.12. The molecule has 1 rings (SSSR count). The normalized spacial score (nSPS) is 12.8. The Labute approximate surface area is 105 Å². The van der Waals surface area contributed by atoms with Gasteiger partial charge in [-0.2, -0.15) is 0 Å². The van der Waals surface area contributed by atoms with Gasteiger partial charge in [-0.25, -0.2) is 23.2 Å². The Kier molecular flexibility index (Phi) is 4.43. The Morgan fingerprint density at radius 2 is 2.00 bits per heavy atom. The van der Waals surface area contributed by atoms with Crippen LogP contribution in [0.5, 0.6) is 0 Å². The third-order valence-corrected chi connectivity index (χ3v) is 2.95. The zero-order valence-electron chi connectivity index (χ0n) is 10.0. The van der Waals surface area contributed by atoms with Crippen molar-refractivity contribution >= 4 is 27.5 Å².